The van der Waals surface area contributed by atoms with E-state index in [1.165, 1.54) is 5.56 Å². The number of benzene rings is 1. The summed E-state index contributed by atoms with van der Waals surface area (Å²) in [4.78, 5) is 14.5. The van der Waals surface area contributed by atoms with E-state index in [2.05, 4.69) is 17.0 Å². The topological polar surface area (TPSA) is 38.8 Å². The Morgan fingerprint density at radius 1 is 1.10 bits per heavy atom. The number of hydrogen-bond acceptors (Lipinski definition) is 4. The zero-order valence-corrected chi connectivity index (χ0v) is 12.4. The molecule has 0 spiro atoms. The van der Waals surface area contributed by atoms with Crippen LogP contribution in [-0.4, -0.2) is 43.3 Å². The van der Waals surface area contributed by atoms with Crippen LogP contribution in [0.4, 0.5) is 0 Å². The van der Waals surface area contributed by atoms with Crippen molar-refractivity contribution < 1.29 is 14.3 Å². The molecular weight excluding hydrogens is 266 g/mol. The van der Waals surface area contributed by atoms with Gasteiger partial charge in [-0.3, -0.25) is 9.69 Å². The van der Waals surface area contributed by atoms with Crippen molar-refractivity contribution in [2.45, 2.75) is 32.1 Å². The number of carbonyl (C=O) groups excluding carboxylic acids is 1. The molecule has 0 aliphatic carbocycles. The van der Waals surface area contributed by atoms with E-state index in [1.807, 2.05) is 18.2 Å². The summed E-state index contributed by atoms with van der Waals surface area (Å²) in [5.74, 6) is 0.556. The minimum atomic E-state index is -0.0832. The number of carbonyl (C=O) groups is 1. The van der Waals surface area contributed by atoms with Gasteiger partial charge in [0.25, 0.3) is 0 Å². The molecule has 0 N–H and O–H groups in total. The Kier molecular flexibility index (Phi) is 5.01. The van der Waals surface area contributed by atoms with E-state index in [9.17, 15) is 4.79 Å². The van der Waals surface area contributed by atoms with Gasteiger partial charge in [-0.2, -0.15) is 0 Å². The first-order valence-electron chi connectivity index (χ1n) is 7.83. The molecule has 0 saturated carbocycles. The number of likely N-dealkylation sites (tertiary alicyclic amines) is 1. The molecule has 1 aromatic carbocycles. The Morgan fingerprint density at radius 2 is 1.86 bits per heavy atom. The summed E-state index contributed by atoms with van der Waals surface area (Å²) in [6.07, 6.45) is 2.61. The average Bonchev–Trinajstić information content (AvgIpc) is 3.01. The molecule has 2 heterocycles. The minimum absolute atomic E-state index is 0.0832. The maximum Gasteiger partial charge on any atom is 0.157 e. The Hall–Kier alpha value is -1.23. The minimum Gasteiger partial charge on any atom is -0.350 e. The van der Waals surface area contributed by atoms with Crippen LogP contribution in [0.5, 0.6) is 0 Å². The molecule has 2 saturated heterocycles. The lowest BCUT2D eigenvalue weighted by Crippen LogP contribution is -2.40. The molecule has 2 aliphatic rings. The zero-order valence-electron chi connectivity index (χ0n) is 12.4. The van der Waals surface area contributed by atoms with Gasteiger partial charge in [-0.25, -0.2) is 0 Å². The lowest BCUT2D eigenvalue weighted by molar-refractivity contribution is -0.128. The second-order valence-corrected chi connectivity index (χ2v) is 5.90. The predicted molar refractivity (Wildman–Crippen MR) is 79.8 cm³/mol. The fraction of sp³-hybridized carbons (Fsp3) is 0.588. The van der Waals surface area contributed by atoms with Crippen LogP contribution in [0.15, 0.2) is 30.3 Å². The van der Waals surface area contributed by atoms with Crippen molar-refractivity contribution in [1.82, 2.24) is 4.90 Å². The number of piperidine rings is 1. The van der Waals surface area contributed by atoms with Gasteiger partial charge in [0, 0.05) is 12.5 Å². The van der Waals surface area contributed by atoms with Crippen LogP contribution in [-0.2, 0) is 20.8 Å². The van der Waals surface area contributed by atoms with E-state index in [0.717, 1.165) is 32.4 Å². The summed E-state index contributed by atoms with van der Waals surface area (Å²) in [6.45, 7) is 3.82. The second-order valence-electron chi connectivity index (χ2n) is 5.90. The highest BCUT2D eigenvalue weighted by molar-refractivity contribution is 5.83. The first kappa shape index (κ1) is 14.7. The standard InChI is InChI=1S/C17H23NO3/c19-16-13-18(12-14-4-2-1-3-5-14)9-8-15(16)6-7-17-20-10-11-21-17/h1-5,15,17H,6-13H2. The highest BCUT2D eigenvalue weighted by Crippen LogP contribution is 2.23. The molecule has 1 unspecified atom stereocenters. The van der Waals surface area contributed by atoms with Crippen molar-refractivity contribution >= 4 is 5.78 Å². The van der Waals surface area contributed by atoms with Gasteiger partial charge in [0.2, 0.25) is 0 Å². The number of hydrogen-bond donors (Lipinski definition) is 0. The first-order chi connectivity index (χ1) is 10.3. The highest BCUT2D eigenvalue weighted by atomic mass is 16.7. The first-order valence-corrected chi connectivity index (χ1v) is 7.83. The zero-order chi connectivity index (χ0) is 14.5. The van der Waals surface area contributed by atoms with Gasteiger partial charge < -0.3 is 9.47 Å². The molecular formula is C17H23NO3. The largest absolute Gasteiger partial charge is 0.350 e. The molecule has 3 rings (SSSR count). The lowest BCUT2D eigenvalue weighted by Gasteiger charge is -2.31. The number of Topliss-reactive ketones (excluding diaryl/α,β-unsaturated/α-hetero) is 1. The Balaban J connectivity index is 1.44. The van der Waals surface area contributed by atoms with Crippen LogP contribution >= 0.6 is 0 Å². The molecule has 0 amide bonds. The molecule has 0 aromatic heterocycles. The highest BCUT2D eigenvalue weighted by Gasteiger charge is 2.28. The SMILES string of the molecule is O=C1CN(Cc2ccccc2)CCC1CCC1OCCO1. The van der Waals surface area contributed by atoms with Crippen molar-refractivity contribution in [3.8, 4) is 0 Å². The van der Waals surface area contributed by atoms with Gasteiger partial charge >= 0.3 is 0 Å². The fourth-order valence-corrected chi connectivity index (χ4v) is 3.12. The molecule has 0 bridgehead atoms. The molecule has 114 valence electrons. The van der Waals surface area contributed by atoms with Crippen molar-refractivity contribution in [2.75, 3.05) is 26.3 Å². The third-order valence-electron chi connectivity index (χ3n) is 4.32. The maximum atomic E-state index is 12.3. The van der Waals surface area contributed by atoms with Crippen LogP contribution in [0.1, 0.15) is 24.8 Å². The van der Waals surface area contributed by atoms with E-state index < -0.39 is 0 Å². The number of ether oxygens (including phenoxy) is 2. The van der Waals surface area contributed by atoms with Gasteiger partial charge in [0.1, 0.15) is 5.78 Å². The maximum absolute atomic E-state index is 12.3. The number of rotatable bonds is 5. The van der Waals surface area contributed by atoms with Gasteiger partial charge in [-0.05, 0) is 31.4 Å². The van der Waals surface area contributed by atoms with Crippen LogP contribution in [0.3, 0.4) is 0 Å². The van der Waals surface area contributed by atoms with Crippen LogP contribution in [0.2, 0.25) is 0 Å². The molecule has 21 heavy (non-hydrogen) atoms. The smallest absolute Gasteiger partial charge is 0.157 e. The molecule has 0 radical (unpaired) electrons. The average molecular weight is 289 g/mol. The van der Waals surface area contributed by atoms with Crippen molar-refractivity contribution in [3.63, 3.8) is 0 Å². The molecule has 4 nitrogen and oxygen atoms in total. The number of ketones is 1. The summed E-state index contributed by atoms with van der Waals surface area (Å²) in [5.41, 5.74) is 1.27. The normalized spacial score (nSPS) is 24.6. The molecule has 2 fully saturated rings. The van der Waals surface area contributed by atoms with Crippen molar-refractivity contribution in [3.05, 3.63) is 35.9 Å². The number of nitrogens with zero attached hydrogens (tertiary/aromatic N) is 1. The monoisotopic (exact) mass is 289 g/mol. The van der Waals surface area contributed by atoms with Crippen LogP contribution in [0.25, 0.3) is 0 Å². The predicted octanol–water partition coefficient (Wildman–Crippen LogP) is 2.23. The van der Waals surface area contributed by atoms with Gasteiger partial charge in [0.05, 0.1) is 19.8 Å². The van der Waals surface area contributed by atoms with Crippen molar-refractivity contribution in [1.29, 1.82) is 0 Å². The van der Waals surface area contributed by atoms with Gasteiger partial charge in [-0.15, -0.1) is 0 Å². The van der Waals surface area contributed by atoms with Crippen molar-refractivity contribution in [2.24, 2.45) is 5.92 Å². The molecule has 1 atom stereocenters. The molecule has 4 heteroatoms. The van der Waals surface area contributed by atoms with E-state index in [0.29, 0.717) is 25.5 Å². The summed E-state index contributed by atoms with van der Waals surface area (Å²) in [6, 6.07) is 10.3. The molecule has 2 aliphatic heterocycles. The summed E-state index contributed by atoms with van der Waals surface area (Å²) in [7, 11) is 0. The third kappa shape index (κ3) is 4.13. The van der Waals surface area contributed by atoms with Gasteiger partial charge in [-0.1, -0.05) is 30.3 Å². The summed E-state index contributed by atoms with van der Waals surface area (Å²) < 4.78 is 10.9. The Labute approximate surface area is 126 Å². The van der Waals surface area contributed by atoms with Crippen LogP contribution in [0, 0.1) is 5.92 Å². The third-order valence-corrected chi connectivity index (χ3v) is 4.32. The van der Waals surface area contributed by atoms with E-state index in [1.54, 1.807) is 0 Å². The molecule has 1 aromatic rings. The van der Waals surface area contributed by atoms with E-state index in [-0.39, 0.29) is 12.2 Å². The Morgan fingerprint density at radius 3 is 2.57 bits per heavy atom. The van der Waals surface area contributed by atoms with Gasteiger partial charge in [0.15, 0.2) is 6.29 Å². The van der Waals surface area contributed by atoms with E-state index in [4.69, 9.17) is 9.47 Å². The van der Waals surface area contributed by atoms with E-state index >= 15 is 0 Å². The summed E-state index contributed by atoms with van der Waals surface area (Å²) in [5, 5.41) is 0. The fourth-order valence-electron chi connectivity index (χ4n) is 3.12. The quantitative estimate of drug-likeness (QED) is 0.833. The van der Waals surface area contributed by atoms with Crippen LogP contribution < -0.4 is 0 Å². The Bertz CT molecular complexity index is 456. The summed E-state index contributed by atoms with van der Waals surface area (Å²) >= 11 is 0. The second kappa shape index (κ2) is 7.16. The lowest BCUT2D eigenvalue weighted by atomic mass is 9.90.